The molecule has 2 amide bonds. The largest absolute Gasteiger partial charge is 0.416 e. The molecule has 0 fully saturated rings. The minimum Gasteiger partial charge on any atom is -0.334 e. The standard InChI is InChI=1S/C23H25F3N4O/c1-15(19-9-11-20(12-10-19)23(24,25)26)28-22(31)27-13-21-16(2)29-30(17(21)3)14-18-7-5-4-6-8-18/h4-12,15H,13-14H2,1-3H3,(H2,27,28,31). The van der Waals surface area contributed by atoms with Gasteiger partial charge in [0.1, 0.15) is 0 Å². The van der Waals surface area contributed by atoms with Crippen molar-refractivity contribution in [2.45, 2.75) is 46.1 Å². The zero-order valence-corrected chi connectivity index (χ0v) is 17.6. The maximum absolute atomic E-state index is 12.7. The lowest BCUT2D eigenvalue weighted by Crippen LogP contribution is -2.36. The molecule has 1 atom stereocenters. The molecular formula is C23H25F3N4O. The number of carbonyl (C=O) groups excluding carboxylic acids is 1. The van der Waals surface area contributed by atoms with Gasteiger partial charge in [0.05, 0.1) is 23.8 Å². The van der Waals surface area contributed by atoms with E-state index in [2.05, 4.69) is 15.7 Å². The summed E-state index contributed by atoms with van der Waals surface area (Å²) in [6, 6.07) is 13.9. The molecule has 2 aromatic carbocycles. The molecule has 3 aromatic rings. The first-order valence-electron chi connectivity index (χ1n) is 9.93. The smallest absolute Gasteiger partial charge is 0.334 e. The predicted octanol–water partition coefficient (Wildman–Crippen LogP) is 5.13. The lowest BCUT2D eigenvalue weighted by Gasteiger charge is -2.16. The fourth-order valence-corrected chi connectivity index (χ4v) is 3.36. The third-order valence-electron chi connectivity index (χ3n) is 5.22. The van der Waals surface area contributed by atoms with Gasteiger partial charge in [0.25, 0.3) is 0 Å². The summed E-state index contributed by atoms with van der Waals surface area (Å²) in [6.45, 7) is 6.52. The first kappa shape index (κ1) is 22.4. The summed E-state index contributed by atoms with van der Waals surface area (Å²) < 4.78 is 40.0. The van der Waals surface area contributed by atoms with Crippen LogP contribution in [0, 0.1) is 13.8 Å². The van der Waals surface area contributed by atoms with Crippen molar-refractivity contribution in [1.82, 2.24) is 20.4 Å². The average Bonchev–Trinajstić information content (AvgIpc) is 2.99. The number of nitrogens with zero attached hydrogens (tertiary/aromatic N) is 2. The number of aryl methyl sites for hydroxylation is 1. The lowest BCUT2D eigenvalue weighted by atomic mass is 10.1. The fraction of sp³-hybridized carbons (Fsp3) is 0.304. The number of benzene rings is 2. The summed E-state index contributed by atoms with van der Waals surface area (Å²) >= 11 is 0. The Morgan fingerprint density at radius 3 is 2.32 bits per heavy atom. The number of aromatic nitrogens is 2. The van der Waals surface area contributed by atoms with Gasteiger partial charge in [-0.25, -0.2) is 4.79 Å². The summed E-state index contributed by atoms with van der Waals surface area (Å²) in [6.07, 6.45) is -4.38. The maximum atomic E-state index is 12.7. The molecule has 164 valence electrons. The molecule has 0 saturated heterocycles. The van der Waals surface area contributed by atoms with Crippen LogP contribution in [0.1, 0.15) is 46.6 Å². The van der Waals surface area contributed by atoms with Crippen LogP contribution >= 0.6 is 0 Å². The third-order valence-corrected chi connectivity index (χ3v) is 5.22. The Morgan fingerprint density at radius 2 is 1.71 bits per heavy atom. The number of hydrogen-bond acceptors (Lipinski definition) is 2. The number of alkyl halides is 3. The van der Waals surface area contributed by atoms with Crippen molar-refractivity contribution in [2.75, 3.05) is 0 Å². The van der Waals surface area contributed by atoms with Gasteiger partial charge in [-0.3, -0.25) is 4.68 Å². The third kappa shape index (κ3) is 5.65. The highest BCUT2D eigenvalue weighted by Gasteiger charge is 2.30. The van der Waals surface area contributed by atoms with E-state index in [0.29, 0.717) is 18.7 Å². The number of hydrogen-bond donors (Lipinski definition) is 2. The molecule has 0 radical (unpaired) electrons. The molecule has 0 saturated carbocycles. The molecule has 0 spiro atoms. The van der Waals surface area contributed by atoms with Crippen LogP contribution in [0.15, 0.2) is 54.6 Å². The van der Waals surface area contributed by atoms with E-state index in [1.54, 1.807) is 6.92 Å². The molecule has 1 heterocycles. The average molecular weight is 430 g/mol. The van der Waals surface area contributed by atoms with Crippen LogP contribution in [0.4, 0.5) is 18.0 Å². The molecular weight excluding hydrogens is 405 g/mol. The van der Waals surface area contributed by atoms with Crippen LogP contribution in [0.3, 0.4) is 0 Å². The Hall–Kier alpha value is -3.29. The molecule has 3 rings (SSSR count). The highest BCUT2D eigenvalue weighted by atomic mass is 19.4. The van der Waals surface area contributed by atoms with E-state index in [0.717, 1.165) is 34.6 Å². The van der Waals surface area contributed by atoms with Crippen LogP contribution in [-0.2, 0) is 19.3 Å². The van der Waals surface area contributed by atoms with E-state index in [4.69, 9.17) is 0 Å². The first-order chi connectivity index (χ1) is 14.6. The Labute approximate surface area is 179 Å². The Kier molecular flexibility index (Phi) is 6.68. The second kappa shape index (κ2) is 9.24. The summed E-state index contributed by atoms with van der Waals surface area (Å²) in [5.41, 5.74) is 3.75. The summed E-state index contributed by atoms with van der Waals surface area (Å²) in [7, 11) is 0. The van der Waals surface area contributed by atoms with Gasteiger partial charge in [-0.1, -0.05) is 42.5 Å². The molecule has 0 aliphatic carbocycles. The second-order valence-corrected chi connectivity index (χ2v) is 7.46. The van der Waals surface area contributed by atoms with E-state index in [9.17, 15) is 18.0 Å². The predicted molar refractivity (Wildman–Crippen MR) is 112 cm³/mol. The Balaban J connectivity index is 1.58. The summed E-state index contributed by atoms with van der Waals surface area (Å²) in [5.74, 6) is 0. The first-order valence-corrected chi connectivity index (χ1v) is 9.93. The van der Waals surface area contributed by atoms with Crippen molar-refractivity contribution in [2.24, 2.45) is 0 Å². The maximum Gasteiger partial charge on any atom is 0.416 e. The molecule has 1 unspecified atom stereocenters. The molecule has 0 aliphatic rings. The minimum absolute atomic E-state index is 0.304. The number of amides is 2. The summed E-state index contributed by atoms with van der Waals surface area (Å²) in [4.78, 5) is 12.3. The van der Waals surface area contributed by atoms with E-state index < -0.39 is 23.8 Å². The van der Waals surface area contributed by atoms with Crippen LogP contribution in [-0.4, -0.2) is 15.8 Å². The molecule has 0 aliphatic heterocycles. The van der Waals surface area contributed by atoms with Crippen LogP contribution in [0.25, 0.3) is 0 Å². The van der Waals surface area contributed by atoms with E-state index in [-0.39, 0.29) is 0 Å². The van der Waals surface area contributed by atoms with Gasteiger partial charge in [-0.15, -0.1) is 0 Å². The molecule has 2 N–H and O–H groups in total. The molecule has 8 heteroatoms. The van der Waals surface area contributed by atoms with Crippen molar-refractivity contribution in [3.05, 3.63) is 88.2 Å². The number of halogens is 3. The monoisotopic (exact) mass is 430 g/mol. The van der Waals surface area contributed by atoms with Crippen molar-refractivity contribution < 1.29 is 18.0 Å². The number of nitrogens with one attached hydrogen (secondary N) is 2. The van der Waals surface area contributed by atoms with Crippen LogP contribution in [0.2, 0.25) is 0 Å². The van der Waals surface area contributed by atoms with Gasteiger partial charge in [0.2, 0.25) is 0 Å². The fourth-order valence-electron chi connectivity index (χ4n) is 3.36. The second-order valence-electron chi connectivity index (χ2n) is 7.46. The number of rotatable bonds is 6. The Bertz CT molecular complexity index is 1030. The normalized spacial score (nSPS) is 12.5. The SMILES string of the molecule is Cc1nn(Cc2ccccc2)c(C)c1CNC(=O)NC(C)c1ccc(C(F)(F)F)cc1. The van der Waals surface area contributed by atoms with Crippen molar-refractivity contribution in [1.29, 1.82) is 0 Å². The molecule has 5 nitrogen and oxygen atoms in total. The quantitative estimate of drug-likeness (QED) is 0.570. The zero-order valence-electron chi connectivity index (χ0n) is 17.6. The van der Waals surface area contributed by atoms with Crippen molar-refractivity contribution in [3.8, 4) is 0 Å². The Morgan fingerprint density at radius 1 is 1.06 bits per heavy atom. The minimum atomic E-state index is -4.38. The van der Waals surface area contributed by atoms with Gasteiger partial charge in [0.15, 0.2) is 0 Å². The lowest BCUT2D eigenvalue weighted by molar-refractivity contribution is -0.137. The van der Waals surface area contributed by atoms with Crippen molar-refractivity contribution in [3.63, 3.8) is 0 Å². The highest BCUT2D eigenvalue weighted by Crippen LogP contribution is 2.29. The topological polar surface area (TPSA) is 59.0 Å². The van der Waals surface area contributed by atoms with Crippen LogP contribution in [0.5, 0.6) is 0 Å². The van der Waals surface area contributed by atoms with Crippen molar-refractivity contribution >= 4 is 6.03 Å². The van der Waals surface area contributed by atoms with Gasteiger partial charge in [-0.05, 0) is 44.0 Å². The number of urea groups is 1. The molecule has 31 heavy (non-hydrogen) atoms. The highest BCUT2D eigenvalue weighted by molar-refractivity contribution is 5.74. The van der Waals surface area contributed by atoms with E-state index in [1.807, 2.05) is 48.9 Å². The number of carbonyl (C=O) groups is 1. The van der Waals surface area contributed by atoms with Crippen LogP contribution < -0.4 is 10.6 Å². The molecule has 0 bridgehead atoms. The zero-order chi connectivity index (χ0) is 22.6. The van der Waals surface area contributed by atoms with E-state index in [1.165, 1.54) is 12.1 Å². The van der Waals surface area contributed by atoms with Gasteiger partial charge in [0, 0.05) is 17.8 Å². The van der Waals surface area contributed by atoms with E-state index >= 15 is 0 Å². The molecule has 1 aromatic heterocycles. The van der Waals surface area contributed by atoms with Gasteiger partial charge >= 0.3 is 12.2 Å². The van der Waals surface area contributed by atoms with Gasteiger partial charge < -0.3 is 10.6 Å². The summed E-state index contributed by atoms with van der Waals surface area (Å²) in [5, 5.41) is 10.1. The van der Waals surface area contributed by atoms with Gasteiger partial charge in [-0.2, -0.15) is 18.3 Å².